The van der Waals surface area contributed by atoms with Crippen LogP contribution in [0.2, 0.25) is 0 Å². The molecule has 104 valence electrons. The smallest absolute Gasteiger partial charge is 0.198 e. The fraction of sp³-hybridized carbons (Fsp3) is 0.133. The van der Waals surface area contributed by atoms with Crippen LogP contribution in [0, 0.1) is 11.6 Å². The molecule has 0 unspecified atom stereocenters. The average molecular weight is 404 g/mol. The van der Waals surface area contributed by atoms with Crippen LogP contribution in [-0.4, -0.2) is 5.78 Å². The number of hydrogen-bond donors (Lipinski definition) is 0. The van der Waals surface area contributed by atoms with E-state index in [2.05, 4.69) is 31.9 Å². The summed E-state index contributed by atoms with van der Waals surface area (Å²) >= 11 is 6.31. The first-order valence-corrected chi connectivity index (χ1v) is 8.05. The van der Waals surface area contributed by atoms with Crippen LogP contribution in [-0.2, 0) is 10.7 Å². The van der Waals surface area contributed by atoms with Crippen LogP contribution in [0.3, 0.4) is 0 Å². The SMILES string of the molecule is O=C(c1cccc(CBr)c1F)c1cccc(CBr)c1F. The van der Waals surface area contributed by atoms with E-state index in [1.165, 1.54) is 12.1 Å². The van der Waals surface area contributed by atoms with Gasteiger partial charge in [0.1, 0.15) is 11.6 Å². The van der Waals surface area contributed by atoms with Crippen LogP contribution in [0.4, 0.5) is 8.78 Å². The first-order chi connectivity index (χ1) is 9.60. The summed E-state index contributed by atoms with van der Waals surface area (Å²) in [6.45, 7) is 0. The number of rotatable bonds is 4. The highest BCUT2D eigenvalue weighted by atomic mass is 79.9. The summed E-state index contributed by atoms with van der Waals surface area (Å²) in [5.41, 5.74) is 0.501. The lowest BCUT2D eigenvalue weighted by atomic mass is 9.99. The van der Waals surface area contributed by atoms with Crippen molar-refractivity contribution in [2.24, 2.45) is 0 Å². The molecule has 0 aliphatic carbocycles. The number of benzene rings is 2. The highest BCUT2D eigenvalue weighted by Gasteiger charge is 2.20. The maximum atomic E-state index is 14.1. The zero-order chi connectivity index (χ0) is 14.7. The minimum Gasteiger partial charge on any atom is -0.288 e. The Labute approximate surface area is 132 Å². The summed E-state index contributed by atoms with van der Waals surface area (Å²) < 4.78 is 28.3. The van der Waals surface area contributed by atoms with Gasteiger partial charge < -0.3 is 0 Å². The van der Waals surface area contributed by atoms with E-state index in [0.29, 0.717) is 21.8 Å². The van der Waals surface area contributed by atoms with Crippen molar-refractivity contribution in [3.8, 4) is 0 Å². The van der Waals surface area contributed by atoms with Crippen LogP contribution in [0.15, 0.2) is 36.4 Å². The fourth-order valence-corrected chi connectivity index (χ4v) is 2.73. The van der Waals surface area contributed by atoms with Crippen molar-refractivity contribution in [1.29, 1.82) is 0 Å². The summed E-state index contributed by atoms with van der Waals surface area (Å²) in [6.07, 6.45) is 0. The zero-order valence-electron chi connectivity index (χ0n) is 10.3. The predicted octanol–water partition coefficient (Wildman–Crippen LogP) is 4.99. The molecule has 0 N–H and O–H groups in total. The van der Waals surface area contributed by atoms with Gasteiger partial charge in [0.25, 0.3) is 0 Å². The molecule has 2 aromatic rings. The Morgan fingerprint density at radius 1 is 0.850 bits per heavy atom. The van der Waals surface area contributed by atoms with Gasteiger partial charge in [-0.3, -0.25) is 4.79 Å². The molecule has 0 saturated heterocycles. The van der Waals surface area contributed by atoms with Crippen LogP contribution in [0.1, 0.15) is 27.0 Å². The number of halogens is 4. The van der Waals surface area contributed by atoms with Gasteiger partial charge in [-0.05, 0) is 23.3 Å². The van der Waals surface area contributed by atoms with Gasteiger partial charge in [0, 0.05) is 10.7 Å². The molecular formula is C15H10Br2F2O. The lowest BCUT2D eigenvalue weighted by Crippen LogP contribution is -2.09. The maximum Gasteiger partial charge on any atom is 0.198 e. The Morgan fingerprint density at radius 2 is 1.25 bits per heavy atom. The third-order valence-electron chi connectivity index (χ3n) is 2.93. The van der Waals surface area contributed by atoms with E-state index in [1.807, 2.05) is 0 Å². The van der Waals surface area contributed by atoms with Gasteiger partial charge in [0.2, 0.25) is 0 Å². The third-order valence-corrected chi connectivity index (χ3v) is 4.14. The molecule has 0 aliphatic rings. The average Bonchev–Trinajstić information content (AvgIpc) is 2.47. The molecule has 1 nitrogen and oxygen atoms in total. The van der Waals surface area contributed by atoms with Crippen molar-refractivity contribution in [3.05, 3.63) is 70.3 Å². The van der Waals surface area contributed by atoms with Gasteiger partial charge in [-0.25, -0.2) is 8.78 Å². The molecule has 2 rings (SSSR count). The van der Waals surface area contributed by atoms with E-state index in [-0.39, 0.29) is 11.1 Å². The van der Waals surface area contributed by atoms with Crippen molar-refractivity contribution < 1.29 is 13.6 Å². The Kier molecular flexibility index (Phi) is 5.05. The van der Waals surface area contributed by atoms with Gasteiger partial charge in [-0.2, -0.15) is 0 Å². The molecule has 0 saturated carbocycles. The molecule has 0 spiro atoms. The lowest BCUT2D eigenvalue weighted by Gasteiger charge is -2.08. The summed E-state index contributed by atoms with van der Waals surface area (Å²) in [5.74, 6) is -1.87. The van der Waals surface area contributed by atoms with E-state index < -0.39 is 17.4 Å². The number of carbonyl (C=O) groups excluding carboxylic acids is 1. The van der Waals surface area contributed by atoms with E-state index >= 15 is 0 Å². The molecule has 0 aromatic heterocycles. The van der Waals surface area contributed by atoms with E-state index in [4.69, 9.17) is 0 Å². The standard InChI is InChI=1S/C15H10Br2F2O/c16-7-9-3-1-5-11(13(9)18)15(20)12-6-2-4-10(8-17)14(12)19/h1-6H,7-8H2. The Hall–Kier alpha value is -1.07. The largest absolute Gasteiger partial charge is 0.288 e. The summed E-state index contributed by atoms with van der Waals surface area (Å²) in [5, 5.41) is 0.591. The molecule has 0 amide bonds. The number of alkyl halides is 2. The molecule has 20 heavy (non-hydrogen) atoms. The second-order valence-electron chi connectivity index (χ2n) is 4.15. The monoisotopic (exact) mass is 402 g/mol. The second kappa shape index (κ2) is 6.59. The third kappa shape index (κ3) is 2.83. The maximum absolute atomic E-state index is 14.1. The van der Waals surface area contributed by atoms with Gasteiger partial charge in [0.15, 0.2) is 5.78 Å². The number of hydrogen-bond acceptors (Lipinski definition) is 1. The van der Waals surface area contributed by atoms with Gasteiger partial charge in [-0.1, -0.05) is 56.1 Å². The topological polar surface area (TPSA) is 17.1 Å². The number of ketones is 1. The minimum atomic E-state index is -0.648. The normalized spacial score (nSPS) is 10.6. The molecule has 0 radical (unpaired) electrons. The highest BCUT2D eigenvalue weighted by Crippen LogP contribution is 2.22. The molecular weight excluding hydrogens is 394 g/mol. The molecule has 0 heterocycles. The van der Waals surface area contributed by atoms with Gasteiger partial charge in [-0.15, -0.1) is 0 Å². The van der Waals surface area contributed by atoms with E-state index in [0.717, 1.165) is 0 Å². The Balaban J connectivity index is 2.52. The Morgan fingerprint density at radius 3 is 1.60 bits per heavy atom. The Bertz CT molecular complexity index is 601. The first kappa shape index (κ1) is 15.3. The van der Waals surface area contributed by atoms with Crippen molar-refractivity contribution in [1.82, 2.24) is 0 Å². The first-order valence-electron chi connectivity index (χ1n) is 5.81. The van der Waals surface area contributed by atoms with Crippen LogP contribution in [0.5, 0.6) is 0 Å². The van der Waals surface area contributed by atoms with Gasteiger partial charge >= 0.3 is 0 Å². The number of carbonyl (C=O) groups is 1. The van der Waals surface area contributed by atoms with Crippen LogP contribution < -0.4 is 0 Å². The molecule has 5 heteroatoms. The van der Waals surface area contributed by atoms with Crippen molar-refractivity contribution >= 4 is 37.6 Å². The van der Waals surface area contributed by atoms with Crippen molar-refractivity contribution in [2.75, 3.05) is 0 Å². The molecule has 0 bridgehead atoms. The second-order valence-corrected chi connectivity index (χ2v) is 5.28. The molecule has 0 atom stereocenters. The van der Waals surface area contributed by atoms with Crippen molar-refractivity contribution in [3.63, 3.8) is 0 Å². The van der Waals surface area contributed by atoms with E-state index in [1.54, 1.807) is 24.3 Å². The summed E-state index contributed by atoms with van der Waals surface area (Å²) in [6, 6.07) is 9.05. The van der Waals surface area contributed by atoms with Crippen molar-refractivity contribution in [2.45, 2.75) is 10.7 Å². The molecule has 2 aromatic carbocycles. The summed E-state index contributed by atoms with van der Waals surface area (Å²) in [7, 11) is 0. The van der Waals surface area contributed by atoms with E-state index in [9.17, 15) is 13.6 Å². The summed E-state index contributed by atoms with van der Waals surface area (Å²) in [4.78, 5) is 12.3. The molecule has 0 fully saturated rings. The quantitative estimate of drug-likeness (QED) is 0.519. The van der Waals surface area contributed by atoms with Gasteiger partial charge in [0.05, 0.1) is 11.1 Å². The lowest BCUT2D eigenvalue weighted by molar-refractivity contribution is 0.103. The highest BCUT2D eigenvalue weighted by molar-refractivity contribution is 9.08. The molecule has 0 aliphatic heterocycles. The van der Waals surface area contributed by atoms with Crippen LogP contribution in [0.25, 0.3) is 0 Å². The zero-order valence-corrected chi connectivity index (χ0v) is 13.5. The fourth-order valence-electron chi connectivity index (χ4n) is 1.86. The minimum absolute atomic E-state index is 0.118. The van der Waals surface area contributed by atoms with Crippen LogP contribution >= 0.6 is 31.9 Å². The predicted molar refractivity (Wildman–Crippen MR) is 81.5 cm³/mol.